The smallest absolute Gasteiger partial charge is 0.255 e. The molecular formula is C20H19N5S. The molecular weight excluding hydrogens is 342 g/mol. The normalized spacial score (nSPS) is 11.0. The number of benzene rings is 2. The summed E-state index contributed by atoms with van der Waals surface area (Å²) in [6.45, 7) is 4.04. The molecule has 0 radical (unpaired) electrons. The zero-order valence-corrected chi connectivity index (χ0v) is 15.5. The fourth-order valence-electron chi connectivity index (χ4n) is 2.63. The van der Waals surface area contributed by atoms with Gasteiger partial charge in [0.15, 0.2) is 0 Å². The Hall–Kier alpha value is -2.86. The molecule has 0 aliphatic heterocycles. The molecule has 0 spiro atoms. The summed E-state index contributed by atoms with van der Waals surface area (Å²) in [5.74, 6) is 2.29. The number of nitrogens with zero attached hydrogens (tertiary/aromatic N) is 4. The third-order valence-electron chi connectivity index (χ3n) is 3.96. The minimum atomic E-state index is 0.607. The maximum Gasteiger partial charge on any atom is 0.255 e. The van der Waals surface area contributed by atoms with Crippen LogP contribution in [0.15, 0.2) is 65.8 Å². The number of fused-ring (bicyclic) bond motifs is 1. The van der Waals surface area contributed by atoms with Crippen molar-refractivity contribution in [1.29, 1.82) is 0 Å². The summed E-state index contributed by atoms with van der Waals surface area (Å²) in [7, 11) is 0. The lowest BCUT2D eigenvalue weighted by Crippen LogP contribution is -2.02. The molecule has 6 heteroatoms. The van der Waals surface area contributed by atoms with Gasteiger partial charge in [0, 0.05) is 23.2 Å². The lowest BCUT2D eigenvalue weighted by molar-refractivity contribution is 0.882. The lowest BCUT2D eigenvalue weighted by atomic mass is 10.2. The number of anilines is 2. The molecule has 5 nitrogen and oxygen atoms in total. The Labute approximate surface area is 156 Å². The number of aromatic nitrogens is 4. The van der Waals surface area contributed by atoms with E-state index in [1.54, 1.807) is 16.3 Å². The zero-order chi connectivity index (χ0) is 17.9. The minimum absolute atomic E-state index is 0.607. The standard InChI is InChI=1S/C20H19N5S/c1-14-8-10-17(11-9-14)22-18-12-15(2)21-19-23-20(24-25(18)19)26-13-16-6-4-3-5-7-16/h3-12,22H,13H2,1-2H3. The van der Waals surface area contributed by atoms with Crippen molar-refractivity contribution in [3.05, 3.63) is 77.5 Å². The molecule has 0 saturated carbocycles. The molecule has 0 aliphatic rings. The number of thioether (sulfide) groups is 1. The number of hydrogen-bond acceptors (Lipinski definition) is 5. The maximum atomic E-state index is 4.63. The summed E-state index contributed by atoms with van der Waals surface area (Å²) in [6, 6.07) is 20.6. The topological polar surface area (TPSA) is 55.1 Å². The molecule has 4 rings (SSSR count). The Bertz CT molecular complexity index is 1030. The molecule has 4 aromatic rings. The van der Waals surface area contributed by atoms with Gasteiger partial charge in [0.2, 0.25) is 5.16 Å². The van der Waals surface area contributed by atoms with Gasteiger partial charge in [0.1, 0.15) is 5.82 Å². The molecule has 0 aliphatic carbocycles. The average Bonchev–Trinajstić information content (AvgIpc) is 3.06. The average molecular weight is 361 g/mol. The van der Waals surface area contributed by atoms with E-state index >= 15 is 0 Å². The van der Waals surface area contributed by atoms with Crippen LogP contribution in [0, 0.1) is 13.8 Å². The Morgan fingerprint density at radius 1 is 0.962 bits per heavy atom. The first-order valence-electron chi connectivity index (χ1n) is 8.42. The zero-order valence-electron chi connectivity index (χ0n) is 14.7. The van der Waals surface area contributed by atoms with E-state index < -0.39 is 0 Å². The largest absolute Gasteiger partial charge is 0.340 e. The summed E-state index contributed by atoms with van der Waals surface area (Å²) < 4.78 is 1.76. The molecule has 130 valence electrons. The van der Waals surface area contributed by atoms with Crippen molar-refractivity contribution in [3.8, 4) is 0 Å². The van der Waals surface area contributed by atoms with Gasteiger partial charge in [-0.2, -0.15) is 9.50 Å². The van der Waals surface area contributed by atoms with Gasteiger partial charge >= 0.3 is 0 Å². The van der Waals surface area contributed by atoms with Gasteiger partial charge < -0.3 is 5.32 Å². The molecule has 0 atom stereocenters. The van der Waals surface area contributed by atoms with Gasteiger partial charge in [-0.1, -0.05) is 59.8 Å². The number of aryl methyl sites for hydroxylation is 2. The number of rotatable bonds is 5. The van der Waals surface area contributed by atoms with Crippen LogP contribution in [-0.4, -0.2) is 19.6 Å². The highest BCUT2D eigenvalue weighted by Crippen LogP contribution is 2.23. The first-order chi connectivity index (χ1) is 12.7. The van der Waals surface area contributed by atoms with E-state index in [0.717, 1.165) is 28.1 Å². The second-order valence-electron chi connectivity index (χ2n) is 6.15. The number of hydrogen-bond donors (Lipinski definition) is 1. The highest BCUT2D eigenvalue weighted by Gasteiger charge is 2.11. The van der Waals surface area contributed by atoms with Crippen LogP contribution in [-0.2, 0) is 5.75 Å². The predicted molar refractivity (Wildman–Crippen MR) is 106 cm³/mol. The van der Waals surface area contributed by atoms with Crippen LogP contribution in [0.1, 0.15) is 16.8 Å². The third kappa shape index (κ3) is 3.70. The predicted octanol–water partition coefficient (Wildman–Crippen LogP) is 4.78. The van der Waals surface area contributed by atoms with Gasteiger partial charge in [-0.3, -0.25) is 0 Å². The molecule has 2 heterocycles. The third-order valence-corrected chi connectivity index (χ3v) is 4.86. The van der Waals surface area contributed by atoms with E-state index in [9.17, 15) is 0 Å². The van der Waals surface area contributed by atoms with Crippen molar-refractivity contribution in [3.63, 3.8) is 0 Å². The minimum Gasteiger partial charge on any atom is -0.340 e. The molecule has 2 aromatic heterocycles. The second-order valence-corrected chi connectivity index (χ2v) is 7.10. The van der Waals surface area contributed by atoms with E-state index in [4.69, 9.17) is 0 Å². The summed E-state index contributed by atoms with van der Waals surface area (Å²) >= 11 is 1.61. The van der Waals surface area contributed by atoms with Crippen LogP contribution in [0.3, 0.4) is 0 Å². The molecule has 26 heavy (non-hydrogen) atoms. The summed E-state index contributed by atoms with van der Waals surface area (Å²) in [5.41, 5.74) is 4.39. The highest BCUT2D eigenvalue weighted by molar-refractivity contribution is 7.98. The van der Waals surface area contributed by atoms with Crippen molar-refractivity contribution in [2.45, 2.75) is 24.8 Å². The van der Waals surface area contributed by atoms with Gasteiger partial charge in [-0.25, -0.2) is 4.98 Å². The van der Waals surface area contributed by atoms with E-state index in [0.29, 0.717) is 5.78 Å². The highest BCUT2D eigenvalue weighted by atomic mass is 32.2. The van der Waals surface area contributed by atoms with Crippen molar-refractivity contribution in [2.75, 3.05) is 5.32 Å². The van der Waals surface area contributed by atoms with Gasteiger partial charge in [0.05, 0.1) is 0 Å². The van der Waals surface area contributed by atoms with E-state index in [1.807, 2.05) is 31.2 Å². The first-order valence-corrected chi connectivity index (χ1v) is 9.41. The SMILES string of the molecule is Cc1ccc(Nc2cc(C)nc3nc(SCc4ccccc4)nn23)cc1. The van der Waals surface area contributed by atoms with Crippen LogP contribution in [0.25, 0.3) is 5.78 Å². The Kier molecular flexibility index (Phi) is 4.58. The Morgan fingerprint density at radius 2 is 1.73 bits per heavy atom. The summed E-state index contributed by atoms with van der Waals surface area (Å²) in [5, 5.41) is 8.76. The first kappa shape index (κ1) is 16.6. The fourth-order valence-corrected chi connectivity index (χ4v) is 3.40. The van der Waals surface area contributed by atoms with Crippen molar-refractivity contribution in [2.24, 2.45) is 0 Å². The van der Waals surface area contributed by atoms with Crippen LogP contribution in [0.2, 0.25) is 0 Å². The molecule has 2 aromatic carbocycles. The van der Waals surface area contributed by atoms with E-state index in [-0.39, 0.29) is 0 Å². The second kappa shape index (κ2) is 7.17. The molecule has 0 unspecified atom stereocenters. The van der Waals surface area contributed by atoms with Gasteiger partial charge in [-0.15, -0.1) is 5.10 Å². The lowest BCUT2D eigenvalue weighted by Gasteiger charge is -2.08. The molecule has 0 fully saturated rings. The Balaban J connectivity index is 1.61. The summed E-state index contributed by atoms with van der Waals surface area (Å²) in [6.07, 6.45) is 0. The van der Waals surface area contributed by atoms with Crippen molar-refractivity contribution < 1.29 is 0 Å². The van der Waals surface area contributed by atoms with Crippen LogP contribution in [0.4, 0.5) is 11.5 Å². The molecule has 0 bridgehead atoms. The molecule has 1 N–H and O–H groups in total. The quantitative estimate of drug-likeness (QED) is 0.519. The summed E-state index contributed by atoms with van der Waals surface area (Å²) in [4.78, 5) is 9.07. The van der Waals surface area contributed by atoms with Crippen molar-refractivity contribution >= 4 is 29.0 Å². The van der Waals surface area contributed by atoms with E-state index in [2.05, 4.69) is 63.7 Å². The monoisotopic (exact) mass is 361 g/mol. The maximum absolute atomic E-state index is 4.63. The Morgan fingerprint density at radius 3 is 2.50 bits per heavy atom. The number of nitrogens with one attached hydrogen (secondary N) is 1. The van der Waals surface area contributed by atoms with E-state index in [1.165, 1.54) is 11.1 Å². The van der Waals surface area contributed by atoms with Crippen molar-refractivity contribution in [1.82, 2.24) is 19.6 Å². The fraction of sp³-hybridized carbons (Fsp3) is 0.150. The molecule has 0 amide bonds. The molecule has 0 saturated heterocycles. The van der Waals surface area contributed by atoms with Gasteiger partial charge in [0.25, 0.3) is 5.78 Å². The van der Waals surface area contributed by atoms with Crippen LogP contribution < -0.4 is 5.32 Å². The van der Waals surface area contributed by atoms with Gasteiger partial charge in [-0.05, 0) is 31.5 Å². The van der Waals surface area contributed by atoms with Crippen LogP contribution >= 0.6 is 11.8 Å². The van der Waals surface area contributed by atoms with Crippen LogP contribution in [0.5, 0.6) is 0 Å².